The monoisotopic (exact) mass is 335 g/mol. The van der Waals surface area contributed by atoms with Crippen molar-refractivity contribution in [1.29, 1.82) is 0 Å². The van der Waals surface area contributed by atoms with Crippen LogP contribution in [0, 0.1) is 11.8 Å². The predicted molar refractivity (Wildman–Crippen MR) is 93.9 cm³/mol. The summed E-state index contributed by atoms with van der Waals surface area (Å²) in [5.41, 5.74) is 1.23. The van der Waals surface area contributed by atoms with Crippen LogP contribution >= 0.6 is 0 Å². The molecule has 0 saturated heterocycles. The van der Waals surface area contributed by atoms with Crippen LogP contribution in [0.25, 0.3) is 0 Å². The number of benzene rings is 1. The fraction of sp³-hybridized carbons (Fsp3) is 0.579. The second-order valence-corrected chi connectivity index (χ2v) is 6.84. The lowest BCUT2D eigenvalue weighted by molar-refractivity contribution is 0.0453. The third-order valence-corrected chi connectivity index (χ3v) is 3.59. The van der Waals surface area contributed by atoms with E-state index in [9.17, 15) is 9.59 Å². The fourth-order valence-electron chi connectivity index (χ4n) is 2.07. The van der Waals surface area contributed by atoms with E-state index in [2.05, 4.69) is 0 Å². The first-order chi connectivity index (χ1) is 11.2. The second kappa shape index (κ2) is 9.30. The number of carbonyl (C=O) groups excluding carboxylic acids is 2. The maximum Gasteiger partial charge on any atom is 0.410 e. The fourth-order valence-corrected chi connectivity index (χ4v) is 2.07. The lowest BCUT2D eigenvalue weighted by atomic mass is 10.0. The normalized spacial score (nSPS) is 12.2. The van der Waals surface area contributed by atoms with Gasteiger partial charge >= 0.3 is 12.1 Å². The van der Waals surface area contributed by atoms with Crippen LogP contribution in [0.5, 0.6) is 0 Å². The summed E-state index contributed by atoms with van der Waals surface area (Å²) in [6.07, 6.45) is -0.401. The van der Waals surface area contributed by atoms with Gasteiger partial charge in [-0.25, -0.2) is 9.59 Å². The van der Waals surface area contributed by atoms with E-state index in [0.29, 0.717) is 18.8 Å². The van der Waals surface area contributed by atoms with Crippen molar-refractivity contribution in [2.75, 3.05) is 20.3 Å². The van der Waals surface area contributed by atoms with Crippen LogP contribution in [0.15, 0.2) is 24.3 Å². The van der Waals surface area contributed by atoms with Gasteiger partial charge in [0.2, 0.25) is 0 Å². The van der Waals surface area contributed by atoms with Gasteiger partial charge in [-0.3, -0.25) is 0 Å². The van der Waals surface area contributed by atoms with Gasteiger partial charge in [-0.2, -0.15) is 0 Å². The first-order valence-electron chi connectivity index (χ1n) is 8.39. The smallest absolute Gasteiger partial charge is 0.410 e. The Balaban J connectivity index is 2.88. The van der Waals surface area contributed by atoms with Crippen molar-refractivity contribution in [2.24, 2.45) is 11.8 Å². The quantitative estimate of drug-likeness (QED) is 0.698. The molecule has 0 aliphatic heterocycles. The van der Waals surface area contributed by atoms with Crippen molar-refractivity contribution in [1.82, 2.24) is 4.90 Å². The van der Waals surface area contributed by atoms with Crippen LogP contribution in [0.2, 0.25) is 0 Å². The highest BCUT2D eigenvalue weighted by Crippen LogP contribution is 2.24. The number of esters is 1. The number of nitrogens with zero attached hydrogens (tertiary/aromatic N) is 1. The molecule has 0 aromatic heterocycles. The highest BCUT2D eigenvalue weighted by atomic mass is 16.6. The molecule has 1 rings (SSSR count). The van der Waals surface area contributed by atoms with Gasteiger partial charge in [-0.1, -0.05) is 45.9 Å². The molecule has 0 fully saturated rings. The number of hydrogen-bond donors (Lipinski definition) is 0. The van der Waals surface area contributed by atoms with Gasteiger partial charge < -0.3 is 14.4 Å². The van der Waals surface area contributed by atoms with Gasteiger partial charge in [0.1, 0.15) is 0 Å². The zero-order chi connectivity index (χ0) is 18.3. The summed E-state index contributed by atoms with van der Waals surface area (Å²) >= 11 is 0. The van der Waals surface area contributed by atoms with Crippen LogP contribution in [-0.2, 0) is 9.47 Å². The lowest BCUT2D eigenvalue weighted by Gasteiger charge is -2.26. The molecular weight excluding hydrogens is 306 g/mol. The molecule has 1 amide bonds. The Bertz CT molecular complexity index is 554. The maximum atomic E-state index is 12.3. The largest absolute Gasteiger partial charge is 0.462 e. The van der Waals surface area contributed by atoms with Crippen molar-refractivity contribution >= 4 is 12.1 Å². The van der Waals surface area contributed by atoms with Gasteiger partial charge in [0, 0.05) is 7.05 Å². The van der Waals surface area contributed by atoms with E-state index in [1.54, 1.807) is 19.2 Å². The number of amides is 1. The van der Waals surface area contributed by atoms with Crippen LogP contribution in [-0.4, -0.2) is 37.2 Å². The van der Waals surface area contributed by atoms with E-state index in [-0.39, 0.29) is 23.8 Å². The van der Waals surface area contributed by atoms with E-state index in [1.165, 1.54) is 4.90 Å². The first kappa shape index (κ1) is 20.0. The zero-order valence-corrected chi connectivity index (χ0v) is 15.5. The van der Waals surface area contributed by atoms with Gasteiger partial charge in [0.25, 0.3) is 0 Å². The van der Waals surface area contributed by atoms with Gasteiger partial charge in [0.15, 0.2) is 0 Å². The molecule has 0 radical (unpaired) electrons. The van der Waals surface area contributed by atoms with Crippen molar-refractivity contribution < 1.29 is 19.1 Å². The molecule has 1 aromatic rings. The van der Waals surface area contributed by atoms with Crippen molar-refractivity contribution in [2.45, 2.75) is 40.7 Å². The Kier molecular flexibility index (Phi) is 7.75. The first-order valence-corrected chi connectivity index (χ1v) is 8.39. The maximum absolute atomic E-state index is 12.3. The molecular formula is C19H29NO4. The van der Waals surface area contributed by atoms with Crippen molar-refractivity contribution in [3.05, 3.63) is 35.4 Å². The highest BCUT2D eigenvalue weighted by Gasteiger charge is 2.24. The molecule has 0 heterocycles. The lowest BCUT2D eigenvalue weighted by Crippen LogP contribution is -2.32. The summed E-state index contributed by atoms with van der Waals surface area (Å²) < 4.78 is 10.6. The summed E-state index contributed by atoms with van der Waals surface area (Å²) in [6.45, 7) is 10.5. The molecule has 5 nitrogen and oxygen atoms in total. The highest BCUT2D eigenvalue weighted by molar-refractivity contribution is 5.91. The molecule has 1 unspecified atom stereocenters. The van der Waals surface area contributed by atoms with Gasteiger partial charge in [0.05, 0.1) is 24.8 Å². The Hall–Kier alpha value is -2.04. The molecule has 0 spiro atoms. The SMILES string of the molecule is CC(C)COC(=O)c1ccccc1C(C)N(C)C(=O)OCC(C)C. The average Bonchev–Trinajstić information content (AvgIpc) is 2.56. The Morgan fingerprint density at radius 2 is 1.50 bits per heavy atom. The molecule has 5 heteroatoms. The third-order valence-electron chi connectivity index (χ3n) is 3.59. The Morgan fingerprint density at radius 3 is 2.08 bits per heavy atom. The Labute approximate surface area is 144 Å². The minimum absolute atomic E-state index is 0.271. The second-order valence-electron chi connectivity index (χ2n) is 6.84. The number of ether oxygens (including phenoxy) is 2. The minimum atomic E-state index is -0.401. The molecule has 0 N–H and O–H groups in total. The van der Waals surface area contributed by atoms with Crippen LogP contribution < -0.4 is 0 Å². The summed E-state index contributed by atoms with van der Waals surface area (Å²) in [5.74, 6) is 0.179. The summed E-state index contributed by atoms with van der Waals surface area (Å²) in [5, 5.41) is 0. The van der Waals surface area contributed by atoms with E-state index >= 15 is 0 Å². The predicted octanol–water partition coefficient (Wildman–Crippen LogP) is 4.28. The minimum Gasteiger partial charge on any atom is -0.462 e. The Morgan fingerprint density at radius 1 is 0.958 bits per heavy atom. The van der Waals surface area contributed by atoms with Crippen molar-refractivity contribution in [3.63, 3.8) is 0 Å². The molecule has 1 aromatic carbocycles. The average molecular weight is 335 g/mol. The molecule has 24 heavy (non-hydrogen) atoms. The zero-order valence-electron chi connectivity index (χ0n) is 15.5. The van der Waals surface area contributed by atoms with Crippen LogP contribution in [0.1, 0.15) is 56.6 Å². The topological polar surface area (TPSA) is 55.8 Å². The van der Waals surface area contributed by atoms with E-state index in [1.807, 2.05) is 46.8 Å². The summed E-state index contributed by atoms with van der Waals surface area (Å²) in [6, 6.07) is 6.90. The molecule has 0 bridgehead atoms. The van der Waals surface area contributed by atoms with E-state index in [4.69, 9.17) is 9.47 Å². The van der Waals surface area contributed by atoms with Crippen LogP contribution in [0.4, 0.5) is 4.79 Å². The van der Waals surface area contributed by atoms with Gasteiger partial charge in [-0.15, -0.1) is 0 Å². The van der Waals surface area contributed by atoms with Crippen molar-refractivity contribution in [3.8, 4) is 0 Å². The van der Waals surface area contributed by atoms with E-state index < -0.39 is 6.09 Å². The van der Waals surface area contributed by atoms with Gasteiger partial charge in [-0.05, 0) is 30.4 Å². The molecule has 0 aliphatic rings. The number of carbonyl (C=O) groups is 2. The summed E-state index contributed by atoms with van der Waals surface area (Å²) in [4.78, 5) is 26.0. The molecule has 134 valence electrons. The third kappa shape index (κ3) is 5.87. The molecule has 1 atom stereocenters. The summed E-state index contributed by atoms with van der Waals surface area (Å²) in [7, 11) is 1.67. The number of rotatable bonds is 7. The van der Waals surface area contributed by atoms with Crippen LogP contribution in [0.3, 0.4) is 0 Å². The molecule has 0 saturated carbocycles. The standard InChI is InChI=1S/C19H29NO4/c1-13(2)11-23-18(21)17-10-8-7-9-16(17)15(5)20(6)19(22)24-12-14(3)4/h7-10,13-15H,11-12H2,1-6H3. The number of hydrogen-bond acceptors (Lipinski definition) is 4. The molecule has 0 aliphatic carbocycles. The van der Waals surface area contributed by atoms with E-state index in [0.717, 1.165) is 5.56 Å².